The van der Waals surface area contributed by atoms with Crippen LogP contribution in [0.5, 0.6) is 0 Å². The van der Waals surface area contributed by atoms with Gasteiger partial charge in [-0.2, -0.15) is 4.98 Å². The Balaban J connectivity index is 2.09. The fourth-order valence-corrected chi connectivity index (χ4v) is 2.32. The van der Waals surface area contributed by atoms with Gasteiger partial charge in [-0.1, -0.05) is 0 Å². The number of aliphatic hydroxyl groups excluding tert-OH is 2. The van der Waals surface area contributed by atoms with Crippen LogP contribution < -0.4 is 11.3 Å². The van der Waals surface area contributed by atoms with E-state index in [0.29, 0.717) is 5.39 Å². The molecular formula is C11H14N4O5. The first-order valence-corrected chi connectivity index (χ1v) is 5.93. The van der Waals surface area contributed by atoms with Crippen molar-refractivity contribution >= 4 is 17.0 Å². The number of nitrogen functional groups attached to an aromatic ring is 1. The van der Waals surface area contributed by atoms with Gasteiger partial charge in [-0.15, -0.1) is 0 Å². The molecule has 0 saturated carbocycles. The second-order valence-corrected chi connectivity index (χ2v) is 4.52. The first-order chi connectivity index (χ1) is 9.52. The molecule has 9 nitrogen and oxygen atoms in total. The first kappa shape index (κ1) is 13.1. The summed E-state index contributed by atoms with van der Waals surface area (Å²) in [5.41, 5.74) is 5.39. The van der Waals surface area contributed by atoms with E-state index in [2.05, 4.69) is 9.97 Å². The number of hydrogen-bond donors (Lipinski definition) is 4. The first-order valence-electron chi connectivity index (χ1n) is 5.93. The zero-order valence-corrected chi connectivity index (χ0v) is 10.6. The highest BCUT2D eigenvalue weighted by Crippen LogP contribution is 2.31. The normalized spacial score (nSPS) is 30.1. The van der Waals surface area contributed by atoms with Gasteiger partial charge in [0.05, 0.1) is 5.39 Å². The summed E-state index contributed by atoms with van der Waals surface area (Å²) >= 11 is 0. The van der Waals surface area contributed by atoms with E-state index in [-0.39, 0.29) is 17.2 Å². The summed E-state index contributed by atoms with van der Waals surface area (Å²) < 4.78 is 11.8. The van der Waals surface area contributed by atoms with Gasteiger partial charge in [-0.25, -0.2) is 0 Å². The van der Waals surface area contributed by atoms with Gasteiger partial charge in [-0.05, 0) is 6.07 Å². The summed E-state index contributed by atoms with van der Waals surface area (Å²) in [5, 5.41) is 20.1. The summed E-state index contributed by atoms with van der Waals surface area (Å²) in [6.07, 6.45) is -2.74. The number of aromatic nitrogens is 3. The minimum absolute atomic E-state index is 0.0428. The largest absolute Gasteiger partial charge is 0.385 e. The molecule has 9 heteroatoms. The molecule has 3 heterocycles. The van der Waals surface area contributed by atoms with Crippen LogP contribution in [0.15, 0.2) is 17.1 Å². The average molecular weight is 282 g/mol. The van der Waals surface area contributed by atoms with Gasteiger partial charge < -0.3 is 30.0 Å². The molecular weight excluding hydrogens is 268 g/mol. The van der Waals surface area contributed by atoms with Crippen molar-refractivity contribution < 1.29 is 19.7 Å². The Morgan fingerprint density at radius 1 is 1.50 bits per heavy atom. The lowest BCUT2D eigenvalue weighted by Gasteiger charge is -2.16. The van der Waals surface area contributed by atoms with E-state index < -0.39 is 24.7 Å². The average Bonchev–Trinajstić information content (AvgIpc) is 2.93. The predicted molar refractivity (Wildman–Crippen MR) is 67.7 cm³/mol. The van der Waals surface area contributed by atoms with Crippen LogP contribution in [0.3, 0.4) is 0 Å². The highest BCUT2D eigenvalue weighted by Gasteiger charge is 2.44. The summed E-state index contributed by atoms with van der Waals surface area (Å²) in [7, 11) is 1.36. The number of hydrogen-bond acceptors (Lipinski definition) is 7. The maximum atomic E-state index is 11.7. The Bertz CT molecular complexity index is 696. The minimum Gasteiger partial charge on any atom is -0.385 e. The fraction of sp³-hybridized carbons (Fsp3) is 0.455. The van der Waals surface area contributed by atoms with Crippen LogP contribution in [-0.2, 0) is 9.47 Å². The number of methoxy groups -OCH3 is 1. The molecule has 0 bridgehead atoms. The highest BCUT2D eigenvalue weighted by atomic mass is 16.7. The lowest BCUT2D eigenvalue weighted by atomic mass is 10.2. The van der Waals surface area contributed by atoms with Gasteiger partial charge in [0.2, 0.25) is 5.95 Å². The Kier molecular flexibility index (Phi) is 2.98. The van der Waals surface area contributed by atoms with Crippen LogP contribution in [0.4, 0.5) is 5.95 Å². The second-order valence-electron chi connectivity index (χ2n) is 4.52. The van der Waals surface area contributed by atoms with Crippen LogP contribution in [0.1, 0.15) is 6.23 Å². The molecule has 2 aromatic rings. The number of aliphatic hydroxyl groups is 2. The van der Waals surface area contributed by atoms with Crippen molar-refractivity contribution in [2.24, 2.45) is 0 Å². The molecule has 0 spiro atoms. The number of aromatic amines is 1. The van der Waals surface area contributed by atoms with Crippen molar-refractivity contribution in [3.63, 3.8) is 0 Å². The third-order valence-electron chi connectivity index (χ3n) is 3.30. The fourth-order valence-electron chi connectivity index (χ4n) is 2.32. The molecule has 1 fully saturated rings. The topological polar surface area (TPSA) is 136 Å². The van der Waals surface area contributed by atoms with E-state index in [4.69, 9.17) is 15.2 Å². The number of nitrogens with two attached hydrogens (primary N) is 1. The molecule has 4 atom stereocenters. The molecule has 1 aliphatic rings. The van der Waals surface area contributed by atoms with E-state index in [0.717, 1.165) is 0 Å². The van der Waals surface area contributed by atoms with E-state index in [1.807, 2.05) is 0 Å². The molecule has 0 aliphatic carbocycles. The van der Waals surface area contributed by atoms with E-state index in [9.17, 15) is 15.0 Å². The van der Waals surface area contributed by atoms with Gasteiger partial charge >= 0.3 is 0 Å². The lowest BCUT2D eigenvalue weighted by Crippen LogP contribution is -2.32. The van der Waals surface area contributed by atoms with E-state index in [1.54, 1.807) is 0 Å². The summed E-state index contributed by atoms with van der Waals surface area (Å²) in [6, 6.07) is 1.53. The zero-order chi connectivity index (χ0) is 14.4. The number of nitrogens with one attached hydrogen (secondary N) is 1. The van der Waals surface area contributed by atoms with Gasteiger partial charge in [0.1, 0.15) is 12.2 Å². The highest BCUT2D eigenvalue weighted by molar-refractivity contribution is 5.76. The summed E-state index contributed by atoms with van der Waals surface area (Å²) in [5.74, 6) is -0.0428. The molecule has 0 amide bonds. The number of anilines is 1. The predicted octanol–water partition coefficient (Wildman–Crippen LogP) is -1.47. The van der Waals surface area contributed by atoms with Gasteiger partial charge in [0, 0.05) is 13.3 Å². The molecule has 20 heavy (non-hydrogen) atoms. The third-order valence-corrected chi connectivity index (χ3v) is 3.30. The minimum atomic E-state index is -1.21. The smallest absolute Gasteiger partial charge is 0.261 e. The summed E-state index contributed by atoms with van der Waals surface area (Å²) in [4.78, 5) is 18.1. The van der Waals surface area contributed by atoms with Crippen molar-refractivity contribution in [2.45, 2.75) is 24.7 Å². The molecule has 1 aliphatic heterocycles. The molecule has 1 saturated heterocycles. The SMILES string of the molecule is CO[C@H]1O[C@@H](n2ccc3c(=O)[nH]c(N)nc32)C(O)[C@H]1O. The molecule has 108 valence electrons. The Morgan fingerprint density at radius 2 is 2.25 bits per heavy atom. The molecule has 1 unspecified atom stereocenters. The van der Waals surface area contributed by atoms with Crippen molar-refractivity contribution in [3.05, 3.63) is 22.6 Å². The Morgan fingerprint density at radius 3 is 2.90 bits per heavy atom. The quantitative estimate of drug-likeness (QED) is 0.528. The van der Waals surface area contributed by atoms with Crippen LogP contribution in [-0.4, -0.2) is 50.4 Å². The maximum absolute atomic E-state index is 11.7. The van der Waals surface area contributed by atoms with Crippen LogP contribution in [0, 0.1) is 0 Å². The Labute approximate surface area is 112 Å². The molecule has 5 N–H and O–H groups in total. The van der Waals surface area contributed by atoms with E-state index in [1.165, 1.54) is 23.9 Å². The van der Waals surface area contributed by atoms with Gasteiger partial charge in [-0.3, -0.25) is 9.78 Å². The monoisotopic (exact) mass is 282 g/mol. The number of nitrogens with zero attached hydrogens (tertiary/aromatic N) is 2. The zero-order valence-electron chi connectivity index (χ0n) is 10.6. The standard InChI is InChI=1S/C11H14N4O5/c1-19-10-6(17)5(16)9(20-10)15-3-2-4-7(15)13-11(12)14-8(4)18/h2-3,5-6,9-10,16-17H,1H3,(H3,12,13,14,18)/t5?,6-,9-,10+/m1/s1. The molecule has 0 aromatic carbocycles. The lowest BCUT2D eigenvalue weighted by molar-refractivity contribution is -0.160. The second kappa shape index (κ2) is 4.56. The van der Waals surface area contributed by atoms with Crippen molar-refractivity contribution in [1.29, 1.82) is 0 Å². The summed E-state index contributed by atoms with van der Waals surface area (Å²) in [6.45, 7) is 0. The van der Waals surface area contributed by atoms with E-state index >= 15 is 0 Å². The van der Waals surface area contributed by atoms with Crippen molar-refractivity contribution in [3.8, 4) is 0 Å². The molecule has 3 rings (SSSR count). The van der Waals surface area contributed by atoms with Crippen LogP contribution in [0.2, 0.25) is 0 Å². The molecule has 0 radical (unpaired) electrons. The van der Waals surface area contributed by atoms with Gasteiger partial charge in [0.15, 0.2) is 18.2 Å². The van der Waals surface area contributed by atoms with Gasteiger partial charge in [0.25, 0.3) is 5.56 Å². The maximum Gasteiger partial charge on any atom is 0.261 e. The number of fused-ring (bicyclic) bond motifs is 1. The van der Waals surface area contributed by atoms with Crippen LogP contribution >= 0.6 is 0 Å². The van der Waals surface area contributed by atoms with Crippen molar-refractivity contribution in [1.82, 2.24) is 14.5 Å². The Hall–Kier alpha value is -1.94. The third kappa shape index (κ3) is 1.79. The van der Waals surface area contributed by atoms with Crippen LogP contribution in [0.25, 0.3) is 11.0 Å². The number of ether oxygens (including phenoxy) is 2. The number of rotatable bonds is 2. The molecule has 2 aromatic heterocycles. The number of H-pyrrole nitrogens is 1. The van der Waals surface area contributed by atoms with Crippen molar-refractivity contribution in [2.75, 3.05) is 12.8 Å².